The number of nitrogens with zero attached hydrogens (tertiary/aromatic N) is 2. The molecule has 0 amide bonds. The quantitative estimate of drug-likeness (QED) is 0.142. The van der Waals surface area contributed by atoms with Gasteiger partial charge in [0.2, 0.25) is 0 Å². The van der Waals surface area contributed by atoms with E-state index in [1.807, 2.05) is 24.3 Å². The lowest BCUT2D eigenvalue weighted by molar-refractivity contribution is -0.139. The van der Waals surface area contributed by atoms with E-state index in [1.165, 1.54) is 13.0 Å². The Morgan fingerprint density at radius 3 is 2.53 bits per heavy atom. The summed E-state index contributed by atoms with van der Waals surface area (Å²) in [6.45, 7) is 1.17. The SMILES string of the molecule is Cc1c(-c2cccc(OCCCCC(=O)O)c2Cl)c(=O)n(C[C@@H]2NCCc3ccccc32)c(=O)n1Cc1c(F)cccc1C(F)(F)F. The molecule has 0 bridgehead atoms. The van der Waals surface area contributed by atoms with E-state index in [-0.39, 0.29) is 47.2 Å². The van der Waals surface area contributed by atoms with E-state index in [0.717, 1.165) is 44.9 Å². The van der Waals surface area contributed by atoms with E-state index >= 15 is 4.39 Å². The van der Waals surface area contributed by atoms with Gasteiger partial charge in [-0.25, -0.2) is 9.18 Å². The van der Waals surface area contributed by atoms with Gasteiger partial charge in [0.15, 0.2) is 0 Å². The van der Waals surface area contributed by atoms with Crippen molar-refractivity contribution in [3.05, 3.63) is 120 Å². The highest BCUT2D eigenvalue weighted by molar-refractivity contribution is 6.34. The van der Waals surface area contributed by atoms with Gasteiger partial charge in [-0.05, 0) is 62.1 Å². The van der Waals surface area contributed by atoms with Crippen molar-refractivity contribution in [3.8, 4) is 16.9 Å². The molecule has 2 heterocycles. The molecule has 1 aliphatic rings. The fraction of sp³-hybridized carbons (Fsp3) is 0.324. The summed E-state index contributed by atoms with van der Waals surface area (Å²) in [4.78, 5) is 39.1. The number of unbranched alkanes of at least 4 members (excludes halogenated alkanes) is 1. The van der Waals surface area contributed by atoms with Gasteiger partial charge in [-0.15, -0.1) is 0 Å². The molecule has 4 aromatic rings. The Kier molecular flexibility index (Phi) is 10.2. The van der Waals surface area contributed by atoms with Crippen LogP contribution in [-0.2, 0) is 30.5 Å². The molecular formula is C34H32ClF4N3O5. The average Bonchev–Trinajstić information content (AvgIpc) is 3.02. The van der Waals surface area contributed by atoms with Crippen molar-refractivity contribution >= 4 is 17.6 Å². The maximum atomic E-state index is 15.0. The highest BCUT2D eigenvalue weighted by Gasteiger charge is 2.35. The number of halogens is 5. The van der Waals surface area contributed by atoms with Crippen LogP contribution >= 0.6 is 11.6 Å². The van der Waals surface area contributed by atoms with E-state index in [2.05, 4.69) is 5.32 Å². The predicted octanol–water partition coefficient (Wildman–Crippen LogP) is 6.37. The van der Waals surface area contributed by atoms with Crippen LogP contribution in [0, 0.1) is 12.7 Å². The first-order valence-electron chi connectivity index (χ1n) is 15.0. The number of carbonyl (C=O) groups is 1. The summed E-state index contributed by atoms with van der Waals surface area (Å²) in [6.07, 6.45) is -3.41. The lowest BCUT2D eigenvalue weighted by Gasteiger charge is -2.28. The molecule has 0 saturated heterocycles. The molecule has 0 radical (unpaired) electrons. The summed E-state index contributed by atoms with van der Waals surface area (Å²) < 4.78 is 64.7. The van der Waals surface area contributed by atoms with Crippen molar-refractivity contribution in [2.45, 2.75) is 57.9 Å². The Labute approximate surface area is 272 Å². The average molecular weight is 674 g/mol. The number of nitrogens with one attached hydrogen (secondary N) is 1. The van der Waals surface area contributed by atoms with Gasteiger partial charge < -0.3 is 15.2 Å². The van der Waals surface area contributed by atoms with Gasteiger partial charge in [-0.2, -0.15) is 13.2 Å². The van der Waals surface area contributed by atoms with Crippen molar-refractivity contribution in [1.29, 1.82) is 0 Å². The second kappa shape index (κ2) is 14.1. The van der Waals surface area contributed by atoms with Gasteiger partial charge in [0.25, 0.3) is 5.56 Å². The predicted molar refractivity (Wildman–Crippen MR) is 169 cm³/mol. The van der Waals surface area contributed by atoms with Gasteiger partial charge in [0, 0.05) is 23.2 Å². The maximum absolute atomic E-state index is 15.0. The summed E-state index contributed by atoms with van der Waals surface area (Å²) in [6, 6.07) is 14.3. The van der Waals surface area contributed by atoms with E-state index in [4.69, 9.17) is 21.4 Å². The van der Waals surface area contributed by atoms with Gasteiger partial charge in [0.05, 0.1) is 41.9 Å². The molecule has 8 nitrogen and oxygen atoms in total. The fourth-order valence-electron chi connectivity index (χ4n) is 5.92. The number of aliphatic carboxylic acids is 1. The van der Waals surface area contributed by atoms with Crippen LogP contribution in [0.5, 0.6) is 5.75 Å². The zero-order chi connectivity index (χ0) is 33.9. The molecule has 1 aliphatic heterocycles. The lowest BCUT2D eigenvalue weighted by atomic mass is 9.94. The molecule has 0 unspecified atom stereocenters. The summed E-state index contributed by atoms with van der Waals surface area (Å²) in [5, 5.41) is 12.2. The molecule has 3 aromatic carbocycles. The third-order valence-corrected chi connectivity index (χ3v) is 8.67. The van der Waals surface area contributed by atoms with Crippen molar-refractivity contribution in [2.24, 2.45) is 0 Å². The number of carboxylic acids is 1. The highest BCUT2D eigenvalue weighted by atomic mass is 35.5. The number of alkyl halides is 3. The van der Waals surface area contributed by atoms with Crippen molar-refractivity contribution in [2.75, 3.05) is 13.2 Å². The minimum Gasteiger partial charge on any atom is -0.492 e. The number of hydrogen-bond donors (Lipinski definition) is 2. The van der Waals surface area contributed by atoms with Crippen LogP contribution in [0.25, 0.3) is 11.1 Å². The van der Waals surface area contributed by atoms with Gasteiger partial charge in [-0.1, -0.05) is 54.1 Å². The van der Waals surface area contributed by atoms with Gasteiger partial charge in [0.1, 0.15) is 11.6 Å². The molecule has 2 N–H and O–H groups in total. The standard InChI is InChI=1S/C34H32ClF4N3O5/c1-20-30(23-10-6-13-28(31(23)35)47-17-5-4-14-29(43)44)32(45)42(19-27-22-9-3-2-8-21(22)15-16-40-27)33(46)41(20)18-24-25(34(37,38)39)11-7-12-26(24)36/h2-3,6-13,27,40H,4-5,14-19H2,1H3,(H,43,44)/t27-/m0/s1. The second-order valence-corrected chi connectivity index (χ2v) is 11.7. The third-order valence-electron chi connectivity index (χ3n) is 8.28. The normalized spacial score (nSPS) is 14.6. The topological polar surface area (TPSA) is 103 Å². The Morgan fingerprint density at radius 1 is 1.04 bits per heavy atom. The minimum atomic E-state index is -4.90. The zero-order valence-corrected chi connectivity index (χ0v) is 26.1. The maximum Gasteiger partial charge on any atom is 0.416 e. The van der Waals surface area contributed by atoms with Crippen LogP contribution in [0.15, 0.2) is 70.3 Å². The first kappa shape index (κ1) is 33.9. The number of rotatable bonds is 11. The summed E-state index contributed by atoms with van der Waals surface area (Å²) in [5.74, 6) is -1.89. The Morgan fingerprint density at radius 2 is 1.79 bits per heavy atom. The van der Waals surface area contributed by atoms with Gasteiger partial charge in [-0.3, -0.25) is 18.7 Å². The van der Waals surface area contributed by atoms with Crippen LogP contribution in [0.2, 0.25) is 5.02 Å². The number of aromatic nitrogens is 2. The summed E-state index contributed by atoms with van der Waals surface area (Å²) in [7, 11) is 0. The molecule has 13 heteroatoms. The molecule has 5 rings (SSSR count). The first-order valence-corrected chi connectivity index (χ1v) is 15.4. The third kappa shape index (κ3) is 7.28. The van der Waals surface area contributed by atoms with Crippen molar-refractivity contribution in [3.63, 3.8) is 0 Å². The Bertz CT molecular complexity index is 1920. The lowest BCUT2D eigenvalue weighted by Crippen LogP contribution is -2.45. The number of carboxylic acid groups (broad SMARTS) is 1. The largest absolute Gasteiger partial charge is 0.492 e. The van der Waals surface area contributed by atoms with Crippen LogP contribution < -0.4 is 21.3 Å². The van der Waals surface area contributed by atoms with Crippen LogP contribution in [-0.4, -0.2) is 33.4 Å². The number of fused-ring (bicyclic) bond motifs is 1. The summed E-state index contributed by atoms with van der Waals surface area (Å²) >= 11 is 6.75. The molecule has 47 heavy (non-hydrogen) atoms. The number of ether oxygens (including phenoxy) is 1. The number of hydrogen-bond acceptors (Lipinski definition) is 5. The Hall–Kier alpha value is -4.42. The van der Waals surface area contributed by atoms with Gasteiger partial charge >= 0.3 is 17.8 Å². The van der Waals surface area contributed by atoms with E-state index < -0.39 is 52.9 Å². The minimum absolute atomic E-state index is 0.00913. The van der Waals surface area contributed by atoms with E-state index in [9.17, 15) is 27.6 Å². The second-order valence-electron chi connectivity index (χ2n) is 11.3. The van der Waals surface area contributed by atoms with Crippen molar-refractivity contribution in [1.82, 2.24) is 14.5 Å². The van der Waals surface area contributed by atoms with E-state index in [0.29, 0.717) is 19.4 Å². The first-order chi connectivity index (χ1) is 22.4. The molecule has 0 spiro atoms. The fourth-order valence-corrected chi connectivity index (χ4v) is 6.19. The zero-order valence-electron chi connectivity index (χ0n) is 25.4. The molecule has 1 atom stereocenters. The Balaban J connectivity index is 1.65. The van der Waals surface area contributed by atoms with Crippen LogP contribution in [0.1, 0.15) is 53.3 Å². The highest BCUT2D eigenvalue weighted by Crippen LogP contribution is 2.37. The molecule has 0 fully saturated rings. The molecule has 248 valence electrons. The number of benzene rings is 3. The molecule has 1 aromatic heterocycles. The summed E-state index contributed by atoms with van der Waals surface area (Å²) in [5.41, 5.74) is -1.59. The smallest absolute Gasteiger partial charge is 0.416 e. The van der Waals surface area contributed by atoms with E-state index in [1.54, 1.807) is 12.1 Å². The van der Waals surface area contributed by atoms with Crippen LogP contribution in [0.4, 0.5) is 17.6 Å². The molecule has 0 aliphatic carbocycles. The molecular weight excluding hydrogens is 642 g/mol. The van der Waals surface area contributed by atoms with Crippen molar-refractivity contribution < 1.29 is 32.2 Å². The monoisotopic (exact) mass is 673 g/mol. The van der Waals surface area contributed by atoms with Crippen LogP contribution in [0.3, 0.4) is 0 Å². The molecule has 0 saturated carbocycles.